The number of hydrogen-bond donors (Lipinski definition) is 1. The highest BCUT2D eigenvalue weighted by atomic mass is 16.5. The molecule has 0 saturated carbocycles. The van der Waals surface area contributed by atoms with Crippen molar-refractivity contribution in [2.75, 3.05) is 6.61 Å². The number of aryl methyl sites for hydroxylation is 1. The van der Waals surface area contributed by atoms with Crippen LogP contribution in [0.25, 0.3) is 0 Å². The van der Waals surface area contributed by atoms with Crippen LogP contribution < -0.4 is 10.1 Å². The number of hydrogen-bond acceptors (Lipinski definition) is 3. The molecule has 0 radical (unpaired) electrons. The summed E-state index contributed by atoms with van der Waals surface area (Å²) in [5, 5.41) is 6.88. The van der Waals surface area contributed by atoms with Gasteiger partial charge in [0.15, 0.2) is 5.75 Å². The third-order valence-corrected chi connectivity index (χ3v) is 1.98. The lowest BCUT2D eigenvalue weighted by Crippen LogP contribution is -2.31. The van der Waals surface area contributed by atoms with Crippen LogP contribution in [0.3, 0.4) is 0 Å². The first-order valence-corrected chi connectivity index (χ1v) is 5.56. The normalized spacial score (nSPS) is 10.5. The Balaban J connectivity index is 2.22. The molecule has 0 atom stereocenters. The van der Waals surface area contributed by atoms with Crippen molar-refractivity contribution in [3.63, 3.8) is 0 Å². The van der Waals surface area contributed by atoms with Crippen LogP contribution in [-0.2, 0) is 11.3 Å². The Morgan fingerprint density at radius 1 is 1.62 bits per heavy atom. The predicted molar refractivity (Wildman–Crippen MR) is 61.3 cm³/mol. The molecule has 1 N–H and O–H groups in total. The summed E-state index contributed by atoms with van der Waals surface area (Å²) in [7, 11) is 0. The van der Waals surface area contributed by atoms with Crippen LogP contribution in [0, 0.1) is 0 Å². The van der Waals surface area contributed by atoms with Gasteiger partial charge >= 0.3 is 0 Å². The van der Waals surface area contributed by atoms with Crippen molar-refractivity contribution in [1.82, 2.24) is 15.1 Å². The average molecular weight is 225 g/mol. The lowest BCUT2D eigenvalue weighted by atomic mass is 10.3. The minimum absolute atomic E-state index is 0.0119. The van der Waals surface area contributed by atoms with E-state index in [0.717, 1.165) is 6.54 Å². The molecule has 1 rings (SSSR count). The first-order chi connectivity index (χ1) is 7.61. The van der Waals surface area contributed by atoms with Crippen molar-refractivity contribution >= 4 is 5.91 Å². The molecule has 0 saturated heterocycles. The lowest BCUT2D eigenvalue weighted by molar-refractivity contribution is -0.122. The van der Waals surface area contributed by atoms with Crippen molar-refractivity contribution in [2.45, 2.75) is 39.8 Å². The fourth-order valence-corrected chi connectivity index (χ4v) is 1.25. The molecule has 0 fully saturated rings. The summed E-state index contributed by atoms with van der Waals surface area (Å²) in [6, 6.07) is 0.176. The van der Waals surface area contributed by atoms with Crippen molar-refractivity contribution < 1.29 is 9.53 Å². The second-order valence-corrected chi connectivity index (χ2v) is 3.85. The lowest BCUT2D eigenvalue weighted by Gasteiger charge is -2.08. The van der Waals surface area contributed by atoms with E-state index in [1.807, 2.05) is 27.0 Å². The monoisotopic (exact) mass is 225 g/mol. The zero-order valence-corrected chi connectivity index (χ0v) is 10.1. The van der Waals surface area contributed by atoms with Gasteiger partial charge in [-0.1, -0.05) is 0 Å². The van der Waals surface area contributed by atoms with E-state index >= 15 is 0 Å². The fraction of sp³-hybridized carbons (Fsp3) is 0.636. The molecule has 1 aromatic heterocycles. The first-order valence-electron chi connectivity index (χ1n) is 5.56. The summed E-state index contributed by atoms with van der Waals surface area (Å²) in [4.78, 5) is 11.3. The molecule has 0 aromatic carbocycles. The Labute approximate surface area is 95.8 Å². The quantitative estimate of drug-likeness (QED) is 0.791. The number of nitrogens with zero attached hydrogens (tertiary/aromatic N) is 2. The minimum Gasteiger partial charge on any atom is -0.490 e. The smallest absolute Gasteiger partial charge is 0.223 e. The standard InChI is InChI=1S/C11H19N3O2/c1-4-14-8-10(7-12-14)16-6-5-11(15)13-9(2)3/h7-9H,4-6H2,1-3H3,(H,13,15). The van der Waals surface area contributed by atoms with Gasteiger partial charge in [0, 0.05) is 12.6 Å². The minimum atomic E-state index is 0.0119. The zero-order chi connectivity index (χ0) is 12.0. The molecular weight excluding hydrogens is 206 g/mol. The van der Waals surface area contributed by atoms with Crippen molar-refractivity contribution in [3.8, 4) is 5.75 Å². The van der Waals surface area contributed by atoms with Gasteiger partial charge in [-0.2, -0.15) is 5.10 Å². The van der Waals surface area contributed by atoms with Gasteiger partial charge in [-0.3, -0.25) is 9.48 Å². The van der Waals surface area contributed by atoms with E-state index in [-0.39, 0.29) is 11.9 Å². The Morgan fingerprint density at radius 2 is 2.38 bits per heavy atom. The summed E-state index contributed by atoms with van der Waals surface area (Å²) in [5.41, 5.74) is 0. The van der Waals surface area contributed by atoms with E-state index in [2.05, 4.69) is 10.4 Å². The van der Waals surface area contributed by atoms with Crippen LogP contribution in [-0.4, -0.2) is 28.3 Å². The molecule has 1 heterocycles. The fourth-order valence-electron chi connectivity index (χ4n) is 1.25. The number of nitrogens with one attached hydrogen (secondary N) is 1. The van der Waals surface area contributed by atoms with Crippen molar-refractivity contribution in [3.05, 3.63) is 12.4 Å². The maximum atomic E-state index is 11.3. The Kier molecular flexibility index (Phi) is 4.82. The molecule has 0 aliphatic rings. The molecule has 0 spiro atoms. The largest absolute Gasteiger partial charge is 0.490 e. The second kappa shape index (κ2) is 6.15. The summed E-state index contributed by atoms with van der Waals surface area (Å²) in [6.07, 6.45) is 3.85. The van der Waals surface area contributed by atoms with Gasteiger partial charge in [0.05, 0.1) is 25.4 Å². The molecule has 0 aliphatic carbocycles. The third kappa shape index (κ3) is 4.33. The molecule has 16 heavy (non-hydrogen) atoms. The van der Waals surface area contributed by atoms with E-state index in [1.54, 1.807) is 10.9 Å². The maximum Gasteiger partial charge on any atom is 0.223 e. The van der Waals surface area contributed by atoms with Gasteiger partial charge < -0.3 is 10.1 Å². The van der Waals surface area contributed by atoms with Gasteiger partial charge in [0.2, 0.25) is 5.91 Å². The second-order valence-electron chi connectivity index (χ2n) is 3.85. The highest BCUT2D eigenvalue weighted by molar-refractivity contribution is 5.76. The van der Waals surface area contributed by atoms with Gasteiger partial charge in [0.1, 0.15) is 0 Å². The molecule has 0 bridgehead atoms. The molecule has 1 aromatic rings. The van der Waals surface area contributed by atoms with Crippen molar-refractivity contribution in [1.29, 1.82) is 0 Å². The maximum absolute atomic E-state index is 11.3. The van der Waals surface area contributed by atoms with Crippen molar-refractivity contribution in [2.24, 2.45) is 0 Å². The van der Waals surface area contributed by atoms with Crippen LogP contribution in [0.15, 0.2) is 12.4 Å². The van der Waals surface area contributed by atoms with E-state index in [9.17, 15) is 4.79 Å². The molecule has 90 valence electrons. The summed E-state index contributed by atoms with van der Waals surface area (Å²) >= 11 is 0. The Morgan fingerprint density at radius 3 is 2.94 bits per heavy atom. The Hall–Kier alpha value is -1.52. The average Bonchev–Trinajstić information content (AvgIpc) is 2.64. The summed E-state index contributed by atoms with van der Waals surface area (Å²) < 4.78 is 7.18. The predicted octanol–water partition coefficient (Wildman–Crippen LogP) is 1.20. The number of amides is 1. The number of aromatic nitrogens is 2. The number of carbonyl (C=O) groups is 1. The SMILES string of the molecule is CCn1cc(OCCC(=O)NC(C)C)cn1. The number of carbonyl (C=O) groups excluding carboxylic acids is 1. The zero-order valence-electron chi connectivity index (χ0n) is 10.1. The van der Waals surface area contributed by atoms with Crippen LogP contribution in [0.4, 0.5) is 0 Å². The third-order valence-electron chi connectivity index (χ3n) is 1.98. The molecule has 0 aliphatic heterocycles. The topological polar surface area (TPSA) is 56.1 Å². The van der Waals surface area contributed by atoms with Crippen LogP contribution in [0.1, 0.15) is 27.2 Å². The van der Waals surface area contributed by atoms with Gasteiger partial charge in [-0.25, -0.2) is 0 Å². The highest BCUT2D eigenvalue weighted by Crippen LogP contribution is 2.07. The molecular formula is C11H19N3O2. The molecule has 1 amide bonds. The van der Waals surface area contributed by atoms with E-state index in [0.29, 0.717) is 18.8 Å². The molecule has 0 unspecified atom stereocenters. The van der Waals surface area contributed by atoms with Gasteiger partial charge in [-0.05, 0) is 20.8 Å². The van der Waals surface area contributed by atoms with E-state index in [1.165, 1.54) is 0 Å². The highest BCUT2D eigenvalue weighted by Gasteiger charge is 2.04. The number of ether oxygens (including phenoxy) is 1. The van der Waals surface area contributed by atoms with Gasteiger partial charge in [0.25, 0.3) is 0 Å². The molecule has 5 nitrogen and oxygen atoms in total. The van der Waals surface area contributed by atoms with Gasteiger partial charge in [-0.15, -0.1) is 0 Å². The summed E-state index contributed by atoms with van der Waals surface area (Å²) in [5.74, 6) is 0.720. The van der Waals surface area contributed by atoms with Crippen LogP contribution in [0.2, 0.25) is 0 Å². The molecule has 5 heteroatoms. The number of rotatable bonds is 6. The summed E-state index contributed by atoms with van der Waals surface area (Å²) in [6.45, 7) is 7.08. The van der Waals surface area contributed by atoms with Crippen LogP contribution >= 0.6 is 0 Å². The van der Waals surface area contributed by atoms with E-state index in [4.69, 9.17) is 4.74 Å². The first kappa shape index (κ1) is 12.5. The Bertz CT molecular complexity index is 334. The van der Waals surface area contributed by atoms with Crippen LogP contribution in [0.5, 0.6) is 5.75 Å². The van der Waals surface area contributed by atoms with E-state index < -0.39 is 0 Å².